The minimum atomic E-state index is -0.824. The van der Waals surface area contributed by atoms with Crippen LogP contribution in [0.5, 0.6) is 0 Å². The second kappa shape index (κ2) is 4.21. The molecule has 0 spiro atoms. The van der Waals surface area contributed by atoms with Crippen LogP contribution in [0.4, 0.5) is 0 Å². The lowest BCUT2D eigenvalue weighted by atomic mass is 9.88. The highest BCUT2D eigenvalue weighted by Crippen LogP contribution is 2.23. The highest BCUT2D eigenvalue weighted by atomic mass is 32.2. The third-order valence-corrected chi connectivity index (χ3v) is 3.01. The van der Waals surface area contributed by atoms with E-state index in [9.17, 15) is 4.21 Å². The minimum absolute atomic E-state index is 0.511. The lowest BCUT2D eigenvalue weighted by Crippen LogP contribution is -2.33. The van der Waals surface area contributed by atoms with Crippen LogP contribution in [0.1, 0.15) is 32.6 Å². The van der Waals surface area contributed by atoms with Crippen molar-refractivity contribution in [2.24, 2.45) is 5.92 Å². The molecule has 0 heterocycles. The van der Waals surface area contributed by atoms with Crippen LogP contribution in [-0.4, -0.2) is 16.5 Å². The van der Waals surface area contributed by atoms with E-state index >= 15 is 0 Å². The molecule has 0 aliphatic heterocycles. The van der Waals surface area contributed by atoms with E-state index in [0.29, 0.717) is 6.04 Å². The second-order valence-corrected chi connectivity index (χ2v) is 4.67. The topological polar surface area (TPSA) is 29.1 Å². The molecule has 2 nitrogen and oxygen atoms in total. The average Bonchev–Trinajstić information content (AvgIpc) is 1.93. The fourth-order valence-electron chi connectivity index (χ4n) is 1.61. The van der Waals surface area contributed by atoms with Gasteiger partial charge in [-0.1, -0.05) is 6.92 Å². The molecule has 66 valence electrons. The number of nitrogens with one attached hydrogen (secondary N) is 1. The molecule has 0 aromatic carbocycles. The predicted molar refractivity (Wildman–Crippen MR) is 48.6 cm³/mol. The van der Waals surface area contributed by atoms with Crippen molar-refractivity contribution in [3.05, 3.63) is 0 Å². The van der Waals surface area contributed by atoms with Crippen molar-refractivity contribution in [2.75, 3.05) is 6.26 Å². The van der Waals surface area contributed by atoms with E-state index in [-0.39, 0.29) is 0 Å². The first-order valence-corrected chi connectivity index (χ1v) is 5.84. The van der Waals surface area contributed by atoms with E-state index in [1.165, 1.54) is 25.7 Å². The monoisotopic (exact) mass is 175 g/mol. The van der Waals surface area contributed by atoms with Gasteiger partial charge in [0.05, 0.1) is 11.0 Å². The first kappa shape index (κ1) is 9.20. The normalized spacial score (nSPS) is 35.1. The van der Waals surface area contributed by atoms with Crippen LogP contribution < -0.4 is 4.72 Å². The Labute approximate surface area is 71.3 Å². The van der Waals surface area contributed by atoms with Crippen molar-refractivity contribution in [1.82, 2.24) is 4.72 Å². The van der Waals surface area contributed by atoms with Gasteiger partial charge in [-0.3, -0.25) is 0 Å². The summed E-state index contributed by atoms with van der Waals surface area (Å²) >= 11 is 0. The Hall–Kier alpha value is 0.110. The fraction of sp³-hybridized carbons (Fsp3) is 1.00. The molecule has 3 heteroatoms. The van der Waals surface area contributed by atoms with Gasteiger partial charge in [0.1, 0.15) is 0 Å². The third kappa shape index (κ3) is 3.34. The quantitative estimate of drug-likeness (QED) is 0.676. The molecule has 1 aliphatic carbocycles. The van der Waals surface area contributed by atoms with Crippen LogP contribution in [0.15, 0.2) is 0 Å². The molecule has 1 saturated carbocycles. The van der Waals surface area contributed by atoms with Gasteiger partial charge in [-0.05, 0) is 31.6 Å². The zero-order valence-corrected chi connectivity index (χ0v) is 8.12. The largest absolute Gasteiger partial charge is 0.243 e. The molecule has 1 fully saturated rings. The lowest BCUT2D eigenvalue weighted by Gasteiger charge is -2.25. The molecule has 0 bridgehead atoms. The zero-order chi connectivity index (χ0) is 8.27. The van der Waals surface area contributed by atoms with Gasteiger partial charge in [-0.2, -0.15) is 0 Å². The van der Waals surface area contributed by atoms with Crippen molar-refractivity contribution < 1.29 is 4.21 Å². The molecule has 0 aromatic heterocycles. The van der Waals surface area contributed by atoms with Gasteiger partial charge in [0.15, 0.2) is 0 Å². The summed E-state index contributed by atoms with van der Waals surface area (Å²) < 4.78 is 13.9. The van der Waals surface area contributed by atoms with E-state index < -0.39 is 11.0 Å². The summed E-state index contributed by atoms with van der Waals surface area (Å²) in [5.74, 6) is 0.873. The van der Waals surface area contributed by atoms with E-state index in [0.717, 1.165) is 5.92 Å². The highest BCUT2D eigenvalue weighted by molar-refractivity contribution is 7.82. The van der Waals surface area contributed by atoms with Crippen LogP contribution in [-0.2, 0) is 11.0 Å². The van der Waals surface area contributed by atoms with E-state index in [1.54, 1.807) is 6.26 Å². The Morgan fingerprint density at radius 3 is 2.27 bits per heavy atom. The van der Waals surface area contributed by atoms with Gasteiger partial charge < -0.3 is 0 Å². The van der Waals surface area contributed by atoms with Crippen molar-refractivity contribution in [3.8, 4) is 0 Å². The Kier molecular flexibility index (Phi) is 3.52. The Balaban J connectivity index is 2.22. The highest BCUT2D eigenvalue weighted by Gasteiger charge is 2.17. The first-order chi connectivity index (χ1) is 5.18. The van der Waals surface area contributed by atoms with Gasteiger partial charge >= 0.3 is 0 Å². The average molecular weight is 175 g/mol. The summed E-state index contributed by atoms with van der Waals surface area (Å²) in [5.41, 5.74) is 0. The molecule has 1 unspecified atom stereocenters. The molecule has 0 saturated heterocycles. The fourth-order valence-corrected chi connectivity index (χ4v) is 2.32. The summed E-state index contributed by atoms with van der Waals surface area (Å²) in [6, 6.07) is 0.511. The number of hydrogen-bond acceptors (Lipinski definition) is 1. The summed E-state index contributed by atoms with van der Waals surface area (Å²) in [6.07, 6.45) is 6.67. The van der Waals surface area contributed by atoms with Gasteiger partial charge in [-0.25, -0.2) is 8.93 Å². The molecule has 1 N–H and O–H groups in total. The van der Waals surface area contributed by atoms with E-state index in [1.807, 2.05) is 0 Å². The van der Waals surface area contributed by atoms with E-state index in [2.05, 4.69) is 11.6 Å². The number of hydrogen-bond donors (Lipinski definition) is 1. The van der Waals surface area contributed by atoms with Crippen LogP contribution in [0.2, 0.25) is 0 Å². The smallest absolute Gasteiger partial charge is 0.0886 e. The van der Waals surface area contributed by atoms with Gasteiger partial charge in [0, 0.05) is 12.3 Å². The Morgan fingerprint density at radius 2 is 1.82 bits per heavy atom. The maximum atomic E-state index is 10.8. The van der Waals surface area contributed by atoms with Gasteiger partial charge in [0.25, 0.3) is 0 Å². The molecule has 11 heavy (non-hydrogen) atoms. The Morgan fingerprint density at radius 1 is 1.27 bits per heavy atom. The van der Waals surface area contributed by atoms with Crippen LogP contribution in [0.3, 0.4) is 0 Å². The predicted octanol–water partition coefficient (Wildman–Crippen LogP) is 1.45. The molecule has 0 radical (unpaired) electrons. The van der Waals surface area contributed by atoms with Crippen LogP contribution in [0.25, 0.3) is 0 Å². The van der Waals surface area contributed by atoms with Crippen molar-refractivity contribution in [2.45, 2.75) is 38.6 Å². The standard InChI is InChI=1S/C8H17NOS/c1-7-3-5-8(6-4-7)9-11(2)10/h7-9H,3-6H2,1-2H3. The van der Waals surface area contributed by atoms with Crippen molar-refractivity contribution in [3.63, 3.8) is 0 Å². The summed E-state index contributed by atoms with van der Waals surface area (Å²) in [5, 5.41) is 0. The molecular weight excluding hydrogens is 158 g/mol. The summed E-state index contributed by atoms with van der Waals surface area (Å²) in [7, 11) is -0.824. The van der Waals surface area contributed by atoms with Crippen LogP contribution >= 0.6 is 0 Å². The lowest BCUT2D eigenvalue weighted by molar-refractivity contribution is 0.335. The maximum Gasteiger partial charge on any atom is 0.0886 e. The molecule has 1 atom stereocenters. The SMILES string of the molecule is CC1CCC(NS(C)=O)CC1. The first-order valence-electron chi connectivity index (χ1n) is 4.28. The number of rotatable bonds is 2. The summed E-state index contributed by atoms with van der Waals surface area (Å²) in [4.78, 5) is 0. The zero-order valence-electron chi connectivity index (χ0n) is 7.30. The maximum absolute atomic E-state index is 10.8. The van der Waals surface area contributed by atoms with Crippen molar-refractivity contribution >= 4 is 11.0 Å². The van der Waals surface area contributed by atoms with Gasteiger partial charge in [-0.15, -0.1) is 0 Å². The molecule has 0 amide bonds. The third-order valence-electron chi connectivity index (χ3n) is 2.35. The second-order valence-electron chi connectivity index (χ2n) is 3.53. The minimum Gasteiger partial charge on any atom is -0.243 e. The Bertz CT molecular complexity index is 141. The van der Waals surface area contributed by atoms with Crippen molar-refractivity contribution in [1.29, 1.82) is 0 Å². The molecular formula is C8H17NOS. The molecule has 0 aromatic rings. The molecule has 1 aliphatic rings. The van der Waals surface area contributed by atoms with Crippen LogP contribution in [0, 0.1) is 5.92 Å². The van der Waals surface area contributed by atoms with Gasteiger partial charge in [0.2, 0.25) is 0 Å². The molecule has 1 rings (SSSR count). The van der Waals surface area contributed by atoms with E-state index in [4.69, 9.17) is 0 Å². The summed E-state index contributed by atoms with van der Waals surface area (Å²) in [6.45, 7) is 2.29.